The van der Waals surface area contributed by atoms with Crippen LogP contribution < -0.4 is 10.2 Å². The number of rotatable bonds is 5. The van der Waals surface area contributed by atoms with E-state index in [0.29, 0.717) is 32.1 Å². The van der Waals surface area contributed by atoms with Gasteiger partial charge in [-0.1, -0.05) is 0 Å². The van der Waals surface area contributed by atoms with E-state index in [9.17, 15) is 8.42 Å². The molecule has 0 aromatic carbocycles. The number of hydrogen-bond donors (Lipinski definition) is 1. The molecular formula is C14H23N5O2S. The molecule has 2 heterocycles. The third kappa shape index (κ3) is 3.17. The van der Waals surface area contributed by atoms with Crippen LogP contribution in [0.15, 0.2) is 6.07 Å². The summed E-state index contributed by atoms with van der Waals surface area (Å²) in [5, 5.41) is 3.00. The number of aromatic nitrogens is 2. The fourth-order valence-corrected chi connectivity index (χ4v) is 4.53. The van der Waals surface area contributed by atoms with Crippen molar-refractivity contribution in [2.24, 2.45) is 0 Å². The third-order valence-corrected chi connectivity index (χ3v) is 6.44. The van der Waals surface area contributed by atoms with E-state index in [0.717, 1.165) is 30.9 Å². The minimum Gasteiger partial charge on any atom is -0.354 e. The number of nitrogens with zero attached hydrogens (tertiary/aromatic N) is 4. The minimum atomic E-state index is -3.06. The summed E-state index contributed by atoms with van der Waals surface area (Å²) >= 11 is 0. The van der Waals surface area contributed by atoms with E-state index in [-0.39, 0.29) is 5.25 Å². The molecule has 7 nitrogen and oxygen atoms in total. The van der Waals surface area contributed by atoms with Gasteiger partial charge in [-0.15, -0.1) is 0 Å². The number of sulfonamides is 1. The van der Waals surface area contributed by atoms with Gasteiger partial charge in [-0.25, -0.2) is 13.4 Å². The van der Waals surface area contributed by atoms with Crippen molar-refractivity contribution in [1.82, 2.24) is 14.3 Å². The van der Waals surface area contributed by atoms with Gasteiger partial charge in [0.15, 0.2) is 0 Å². The maximum absolute atomic E-state index is 12.3. The largest absolute Gasteiger partial charge is 0.354 e. The first-order valence-corrected chi connectivity index (χ1v) is 9.34. The highest BCUT2D eigenvalue weighted by Gasteiger charge is 2.41. The minimum absolute atomic E-state index is 0.124. The van der Waals surface area contributed by atoms with Crippen molar-refractivity contribution in [3.8, 4) is 0 Å². The Kier molecular flexibility index (Phi) is 4.22. The van der Waals surface area contributed by atoms with E-state index in [1.807, 2.05) is 19.9 Å². The summed E-state index contributed by atoms with van der Waals surface area (Å²) in [6.07, 6.45) is 1.64. The molecule has 1 aliphatic carbocycles. The van der Waals surface area contributed by atoms with Crippen molar-refractivity contribution in [3.63, 3.8) is 0 Å². The van der Waals surface area contributed by atoms with Gasteiger partial charge < -0.3 is 10.2 Å². The first-order chi connectivity index (χ1) is 10.5. The number of aryl methyl sites for hydroxylation is 1. The maximum Gasteiger partial charge on any atom is 0.224 e. The van der Waals surface area contributed by atoms with E-state index < -0.39 is 10.0 Å². The molecule has 1 N–H and O–H groups in total. The lowest BCUT2D eigenvalue weighted by Crippen LogP contribution is -2.49. The van der Waals surface area contributed by atoms with Gasteiger partial charge in [0.2, 0.25) is 16.0 Å². The normalized spacial score (nSPS) is 20.2. The molecule has 2 fully saturated rings. The van der Waals surface area contributed by atoms with Gasteiger partial charge in [-0.05, 0) is 26.7 Å². The summed E-state index contributed by atoms with van der Waals surface area (Å²) in [4.78, 5) is 11.0. The van der Waals surface area contributed by atoms with Crippen LogP contribution in [-0.4, -0.2) is 60.7 Å². The molecule has 1 aromatic heterocycles. The van der Waals surface area contributed by atoms with Crippen LogP contribution in [0.4, 0.5) is 11.8 Å². The summed E-state index contributed by atoms with van der Waals surface area (Å²) in [6.45, 7) is 7.15. The Morgan fingerprint density at radius 1 is 1.23 bits per heavy atom. The zero-order chi connectivity index (χ0) is 15.7. The van der Waals surface area contributed by atoms with E-state index in [1.165, 1.54) is 0 Å². The number of nitrogens with one attached hydrogen (secondary N) is 1. The molecule has 3 rings (SSSR count). The van der Waals surface area contributed by atoms with Crippen LogP contribution in [0.25, 0.3) is 0 Å². The van der Waals surface area contributed by atoms with Gasteiger partial charge >= 0.3 is 0 Å². The average Bonchev–Trinajstić information content (AvgIpc) is 3.32. The molecule has 0 atom stereocenters. The lowest BCUT2D eigenvalue weighted by Gasteiger charge is -2.34. The van der Waals surface area contributed by atoms with Crippen molar-refractivity contribution in [2.45, 2.75) is 31.9 Å². The Bertz CT molecular complexity index is 637. The SMILES string of the molecule is CCNc1nc(C)cc(N2CCN(S(=O)(=O)C3CC3)CC2)n1. The van der Waals surface area contributed by atoms with Gasteiger partial charge in [-0.2, -0.15) is 9.29 Å². The molecule has 8 heteroatoms. The molecule has 0 bridgehead atoms. The van der Waals surface area contributed by atoms with Crippen molar-refractivity contribution in [2.75, 3.05) is 42.9 Å². The van der Waals surface area contributed by atoms with E-state index >= 15 is 0 Å². The van der Waals surface area contributed by atoms with Crippen LogP contribution in [0, 0.1) is 6.92 Å². The molecule has 1 saturated heterocycles. The van der Waals surface area contributed by atoms with Crippen LogP contribution in [0.2, 0.25) is 0 Å². The Morgan fingerprint density at radius 3 is 2.50 bits per heavy atom. The summed E-state index contributed by atoms with van der Waals surface area (Å²) in [7, 11) is -3.06. The highest BCUT2D eigenvalue weighted by atomic mass is 32.2. The van der Waals surface area contributed by atoms with Gasteiger partial charge in [0.1, 0.15) is 5.82 Å². The van der Waals surface area contributed by atoms with Crippen LogP contribution in [0.3, 0.4) is 0 Å². The van der Waals surface area contributed by atoms with Crippen LogP contribution in [0.5, 0.6) is 0 Å². The van der Waals surface area contributed by atoms with Crippen molar-refractivity contribution < 1.29 is 8.42 Å². The van der Waals surface area contributed by atoms with Crippen LogP contribution in [0.1, 0.15) is 25.5 Å². The smallest absolute Gasteiger partial charge is 0.224 e. The summed E-state index contributed by atoms with van der Waals surface area (Å²) in [5.41, 5.74) is 0.911. The fourth-order valence-electron chi connectivity index (χ4n) is 2.70. The van der Waals surface area contributed by atoms with Gasteiger partial charge in [-0.3, -0.25) is 0 Å². The van der Waals surface area contributed by atoms with E-state index in [2.05, 4.69) is 20.2 Å². The molecule has 1 saturated carbocycles. The quantitative estimate of drug-likeness (QED) is 0.864. The third-order valence-electron chi connectivity index (χ3n) is 4.04. The lowest BCUT2D eigenvalue weighted by atomic mass is 10.3. The molecule has 0 spiro atoms. The summed E-state index contributed by atoms with van der Waals surface area (Å²) in [6, 6.07) is 1.95. The Hall–Kier alpha value is -1.41. The summed E-state index contributed by atoms with van der Waals surface area (Å²) in [5.74, 6) is 1.50. The highest BCUT2D eigenvalue weighted by Crippen LogP contribution is 2.31. The monoisotopic (exact) mass is 325 g/mol. The van der Waals surface area contributed by atoms with Gasteiger partial charge in [0.05, 0.1) is 5.25 Å². The summed E-state index contributed by atoms with van der Waals surface area (Å²) < 4.78 is 26.2. The van der Waals surface area contributed by atoms with Gasteiger partial charge in [0.25, 0.3) is 0 Å². The molecule has 0 amide bonds. The maximum atomic E-state index is 12.3. The molecule has 2 aliphatic rings. The molecule has 122 valence electrons. The second-order valence-electron chi connectivity index (χ2n) is 5.85. The standard InChI is InChI=1S/C14H23N5O2S/c1-3-15-14-16-11(2)10-13(17-14)18-6-8-19(9-7-18)22(20,21)12-4-5-12/h10,12H,3-9H2,1-2H3,(H,15,16,17). The van der Waals surface area contributed by atoms with Crippen molar-refractivity contribution >= 4 is 21.8 Å². The molecule has 1 aromatic rings. The first-order valence-electron chi connectivity index (χ1n) is 7.84. The Balaban J connectivity index is 1.68. The molecule has 1 aliphatic heterocycles. The molecular weight excluding hydrogens is 302 g/mol. The second kappa shape index (κ2) is 6.00. The zero-order valence-electron chi connectivity index (χ0n) is 13.1. The van der Waals surface area contributed by atoms with Crippen LogP contribution in [-0.2, 0) is 10.0 Å². The first kappa shape index (κ1) is 15.5. The zero-order valence-corrected chi connectivity index (χ0v) is 13.9. The predicted molar refractivity (Wildman–Crippen MR) is 86.7 cm³/mol. The van der Waals surface area contributed by atoms with E-state index in [4.69, 9.17) is 0 Å². The number of anilines is 2. The lowest BCUT2D eigenvalue weighted by molar-refractivity contribution is 0.383. The molecule has 0 unspecified atom stereocenters. The number of piperazine rings is 1. The highest BCUT2D eigenvalue weighted by molar-refractivity contribution is 7.90. The van der Waals surface area contributed by atoms with E-state index in [1.54, 1.807) is 4.31 Å². The molecule has 22 heavy (non-hydrogen) atoms. The Labute approximate surface area is 131 Å². The van der Waals surface area contributed by atoms with Gasteiger partial charge in [0, 0.05) is 44.5 Å². The second-order valence-corrected chi connectivity index (χ2v) is 8.06. The Morgan fingerprint density at radius 2 is 1.91 bits per heavy atom. The average molecular weight is 325 g/mol. The molecule has 0 radical (unpaired) electrons. The fraction of sp³-hybridized carbons (Fsp3) is 0.714. The van der Waals surface area contributed by atoms with Crippen molar-refractivity contribution in [3.05, 3.63) is 11.8 Å². The number of hydrogen-bond acceptors (Lipinski definition) is 6. The van der Waals surface area contributed by atoms with Crippen molar-refractivity contribution in [1.29, 1.82) is 0 Å². The predicted octanol–water partition coefficient (Wildman–Crippen LogP) is 0.831. The topological polar surface area (TPSA) is 78.4 Å². The van der Waals surface area contributed by atoms with Crippen LogP contribution >= 0.6 is 0 Å².